The maximum Gasteiger partial charge on any atom is 0.412 e. The zero-order chi connectivity index (χ0) is 27.5. The Labute approximate surface area is 227 Å². The van der Waals surface area contributed by atoms with Crippen molar-refractivity contribution in [2.24, 2.45) is 0 Å². The van der Waals surface area contributed by atoms with Crippen LogP contribution in [-0.2, 0) is 20.9 Å². The molecule has 0 aliphatic carbocycles. The van der Waals surface area contributed by atoms with E-state index >= 15 is 0 Å². The van der Waals surface area contributed by atoms with Crippen LogP contribution in [0.2, 0.25) is 0 Å². The van der Waals surface area contributed by atoms with E-state index in [-0.39, 0.29) is 11.8 Å². The molecule has 2 aromatic carbocycles. The molecule has 0 unspecified atom stereocenters. The van der Waals surface area contributed by atoms with Gasteiger partial charge in [-0.1, -0.05) is 36.4 Å². The fourth-order valence-electron chi connectivity index (χ4n) is 3.42. The molecule has 1 heterocycles. The van der Waals surface area contributed by atoms with Crippen molar-refractivity contribution in [1.29, 1.82) is 0 Å². The van der Waals surface area contributed by atoms with Crippen LogP contribution in [0.4, 0.5) is 16.2 Å². The Balaban J connectivity index is 1.64. The van der Waals surface area contributed by atoms with Crippen LogP contribution in [0.25, 0.3) is 16.5 Å². The molecule has 0 spiro atoms. The molecule has 0 saturated carbocycles. The Morgan fingerprint density at radius 3 is 2.37 bits per heavy atom. The van der Waals surface area contributed by atoms with Crippen LogP contribution >= 0.6 is 11.3 Å². The van der Waals surface area contributed by atoms with Gasteiger partial charge in [0.15, 0.2) is 0 Å². The van der Waals surface area contributed by atoms with Crippen molar-refractivity contribution >= 4 is 46.7 Å². The molecule has 4 N–H and O–H groups in total. The van der Waals surface area contributed by atoms with Gasteiger partial charge >= 0.3 is 6.09 Å². The third kappa shape index (κ3) is 9.84. The van der Waals surface area contributed by atoms with E-state index in [2.05, 4.69) is 21.3 Å². The van der Waals surface area contributed by atoms with Gasteiger partial charge in [-0.25, -0.2) is 4.79 Å². The van der Waals surface area contributed by atoms with Gasteiger partial charge in [-0.05, 0) is 67.1 Å². The summed E-state index contributed by atoms with van der Waals surface area (Å²) in [5.74, 6) is -0.373. The van der Waals surface area contributed by atoms with Gasteiger partial charge in [-0.15, -0.1) is 11.3 Å². The second kappa shape index (κ2) is 13.6. The molecule has 1 aromatic heterocycles. The first-order valence-corrected chi connectivity index (χ1v) is 13.2. The third-order valence-electron chi connectivity index (χ3n) is 5.13. The first-order chi connectivity index (χ1) is 18.1. The van der Waals surface area contributed by atoms with Crippen LogP contribution in [0.15, 0.2) is 66.1 Å². The Hall–Kier alpha value is -3.95. The SMILES string of the molecule is CC(=O)NCCNCc1ccc(C=CC(=O)Nc2cc(-c3cccs3)ccc2NC(=O)OC(C)(C)C)cc1. The van der Waals surface area contributed by atoms with Crippen LogP contribution in [0, 0.1) is 0 Å². The number of carbonyl (C=O) groups is 3. The number of nitrogens with one attached hydrogen (secondary N) is 4. The number of ether oxygens (including phenoxy) is 1. The summed E-state index contributed by atoms with van der Waals surface area (Å²) >= 11 is 1.59. The molecule has 38 heavy (non-hydrogen) atoms. The second-order valence-electron chi connectivity index (χ2n) is 9.59. The van der Waals surface area contributed by atoms with Crippen LogP contribution in [0.3, 0.4) is 0 Å². The van der Waals surface area contributed by atoms with E-state index < -0.39 is 11.7 Å². The highest BCUT2D eigenvalue weighted by Gasteiger charge is 2.18. The molecule has 200 valence electrons. The summed E-state index contributed by atoms with van der Waals surface area (Å²) in [7, 11) is 0. The number of amides is 3. The summed E-state index contributed by atoms with van der Waals surface area (Å²) in [4.78, 5) is 37.1. The van der Waals surface area contributed by atoms with Crippen LogP contribution in [0.5, 0.6) is 0 Å². The van der Waals surface area contributed by atoms with E-state index in [1.54, 1.807) is 44.3 Å². The lowest BCUT2D eigenvalue weighted by Gasteiger charge is -2.20. The van der Waals surface area contributed by atoms with Crippen molar-refractivity contribution in [2.45, 2.75) is 39.8 Å². The third-order valence-corrected chi connectivity index (χ3v) is 6.05. The highest BCUT2D eigenvalue weighted by Crippen LogP contribution is 2.32. The lowest BCUT2D eigenvalue weighted by Crippen LogP contribution is -2.29. The van der Waals surface area contributed by atoms with E-state index in [4.69, 9.17) is 4.74 Å². The largest absolute Gasteiger partial charge is 0.444 e. The molecule has 3 rings (SSSR count). The molecular formula is C29H34N4O4S. The molecule has 0 fully saturated rings. The molecule has 0 aliphatic heterocycles. The van der Waals surface area contributed by atoms with Crippen LogP contribution in [-0.4, -0.2) is 36.6 Å². The molecule has 0 saturated heterocycles. The average molecular weight is 535 g/mol. The fraction of sp³-hybridized carbons (Fsp3) is 0.276. The summed E-state index contributed by atoms with van der Waals surface area (Å²) in [5.41, 5.74) is 3.16. The number of benzene rings is 2. The predicted molar refractivity (Wildman–Crippen MR) is 154 cm³/mol. The maximum absolute atomic E-state index is 12.8. The van der Waals surface area contributed by atoms with Crippen molar-refractivity contribution in [3.63, 3.8) is 0 Å². The molecular weight excluding hydrogens is 500 g/mol. The van der Waals surface area contributed by atoms with Crippen molar-refractivity contribution in [2.75, 3.05) is 23.7 Å². The van der Waals surface area contributed by atoms with Crippen molar-refractivity contribution in [3.8, 4) is 10.4 Å². The minimum absolute atomic E-state index is 0.0438. The van der Waals surface area contributed by atoms with E-state index in [0.717, 1.165) is 21.6 Å². The summed E-state index contributed by atoms with van der Waals surface area (Å²) in [6.07, 6.45) is 2.58. The van der Waals surface area contributed by atoms with Gasteiger partial charge in [-0.2, -0.15) is 0 Å². The quantitative estimate of drug-likeness (QED) is 0.199. The number of thiophene rings is 1. The van der Waals surface area contributed by atoms with Crippen molar-refractivity contribution in [3.05, 3.63) is 77.2 Å². The first-order valence-electron chi connectivity index (χ1n) is 12.3. The first kappa shape index (κ1) is 28.6. The Bertz CT molecular complexity index is 1260. The van der Waals surface area contributed by atoms with Gasteiger partial charge in [-0.3, -0.25) is 14.9 Å². The topological polar surface area (TPSA) is 109 Å². The molecule has 0 bridgehead atoms. The summed E-state index contributed by atoms with van der Waals surface area (Å²) in [6.45, 7) is 8.80. The van der Waals surface area contributed by atoms with Gasteiger partial charge in [0, 0.05) is 37.5 Å². The van der Waals surface area contributed by atoms with E-state index in [9.17, 15) is 14.4 Å². The van der Waals surface area contributed by atoms with E-state index in [1.165, 1.54) is 13.0 Å². The second-order valence-corrected chi connectivity index (χ2v) is 10.5. The van der Waals surface area contributed by atoms with Gasteiger partial charge in [0.05, 0.1) is 11.4 Å². The molecule has 0 radical (unpaired) electrons. The van der Waals surface area contributed by atoms with Gasteiger partial charge in [0.25, 0.3) is 0 Å². The minimum atomic E-state index is -0.647. The number of rotatable bonds is 10. The zero-order valence-corrected chi connectivity index (χ0v) is 22.9. The lowest BCUT2D eigenvalue weighted by atomic mass is 10.1. The number of carbonyl (C=O) groups excluding carboxylic acids is 3. The molecule has 0 aliphatic rings. The van der Waals surface area contributed by atoms with Crippen LogP contribution in [0.1, 0.15) is 38.8 Å². The van der Waals surface area contributed by atoms with Crippen molar-refractivity contribution < 1.29 is 19.1 Å². The minimum Gasteiger partial charge on any atom is -0.444 e. The number of hydrogen-bond donors (Lipinski definition) is 4. The fourth-order valence-corrected chi connectivity index (χ4v) is 4.14. The Morgan fingerprint density at radius 1 is 0.947 bits per heavy atom. The average Bonchev–Trinajstić information content (AvgIpc) is 3.38. The smallest absolute Gasteiger partial charge is 0.412 e. The zero-order valence-electron chi connectivity index (χ0n) is 22.1. The molecule has 0 atom stereocenters. The van der Waals surface area contributed by atoms with E-state index in [1.807, 2.05) is 53.9 Å². The monoisotopic (exact) mass is 534 g/mol. The number of hydrogen-bond acceptors (Lipinski definition) is 6. The Kier molecular flexibility index (Phi) is 10.2. The van der Waals surface area contributed by atoms with E-state index in [0.29, 0.717) is 31.0 Å². The molecule has 3 aromatic rings. The standard InChI is InChI=1S/C29H34N4O4S/c1-20(34)31-16-15-30-19-22-9-7-21(8-10-22)11-14-27(35)32-25-18-23(26-6-5-17-38-26)12-13-24(25)33-28(36)37-29(2,3)4/h5-14,17-18,30H,15-16,19H2,1-4H3,(H,31,34)(H,32,35)(H,33,36). The normalized spacial score (nSPS) is 11.3. The van der Waals surface area contributed by atoms with Crippen LogP contribution < -0.4 is 21.3 Å². The van der Waals surface area contributed by atoms with Crippen molar-refractivity contribution in [1.82, 2.24) is 10.6 Å². The summed E-state index contributed by atoms with van der Waals surface area (Å²) in [6, 6.07) is 17.3. The van der Waals surface area contributed by atoms with Gasteiger partial charge < -0.3 is 20.7 Å². The molecule has 3 amide bonds. The maximum atomic E-state index is 12.8. The van der Waals surface area contributed by atoms with Gasteiger partial charge in [0.2, 0.25) is 11.8 Å². The summed E-state index contributed by atoms with van der Waals surface area (Å²) < 4.78 is 5.37. The highest BCUT2D eigenvalue weighted by atomic mass is 32.1. The number of anilines is 2. The highest BCUT2D eigenvalue weighted by molar-refractivity contribution is 7.13. The predicted octanol–water partition coefficient (Wildman–Crippen LogP) is 5.64. The van der Waals surface area contributed by atoms with Gasteiger partial charge in [0.1, 0.15) is 5.60 Å². The lowest BCUT2D eigenvalue weighted by molar-refractivity contribution is -0.119. The Morgan fingerprint density at radius 2 is 1.71 bits per heavy atom. The summed E-state index contributed by atoms with van der Waals surface area (Å²) in [5, 5.41) is 13.6. The molecule has 8 nitrogen and oxygen atoms in total. The molecule has 9 heteroatoms.